The topological polar surface area (TPSA) is 77.3 Å². The van der Waals surface area contributed by atoms with E-state index in [-0.39, 0.29) is 11.4 Å². The van der Waals surface area contributed by atoms with Gasteiger partial charge in [0, 0.05) is 24.6 Å². The van der Waals surface area contributed by atoms with E-state index in [1.807, 2.05) is 18.2 Å². The summed E-state index contributed by atoms with van der Waals surface area (Å²) < 4.78 is 23.6. The number of carbonyl (C=O) groups is 1. The lowest BCUT2D eigenvalue weighted by molar-refractivity contribution is 0.262. The van der Waals surface area contributed by atoms with Gasteiger partial charge < -0.3 is 15.4 Å². The molecule has 7 nitrogen and oxygen atoms in total. The van der Waals surface area contributed by atoms with Gasteiger partial charge in [-0.05, 0) is 36.4 Å². The number of nitrogens with zero attached hydrogens (tertiary/aromatic N) is 2. The largest absolute Gasteiger partial charge is 0.455 e. The van der Waals surface area contributed by atoms with Crippen LogP contribution in [0.1, 0.15) is 0 Å². The Kier molecular flexibility index (Phi) is 5.51. The van der Waals surface area contributed by atoms with Crippen molar-refractivity contribution in [1.29, 1.82) is 0 Å². The number of para-hydroxylation sites is 1. The van der Waals surface area contributed by atoms with Crippen molar-refractivity contribution < 1.29 is 13.9 Å². The number of aromatic nitrogens is 2. The molecular formula is C22H18BrFN4O3. The fourth-order valence-corrected chi connectivity index (χ4v) is 3.52. The molecule has 4 rings (SSSR count). The molecule has 158 valence electrons. The molecule has 0 saturated heterocycles. The highest BCUT2D eigenvalue weighted by molar-refractivity contribution is 9.10. The fraction of sp³-hybridized carbons (Fsp3) is 0.0909. The smallest absolute Gasteiger partial charge is 0.328 e. The zero-order chi connectivity index (χ0) is 22.1. The molecule has 2 N–H and O–H groups in total. The maximum Gasteiger partial charge on any atom is 0.328 e. The maximum absolute atomic E-state index is 14.1. The highest BCUT2D eigenvalue weighted by atomic mass is 79.9. The van der Waals surface area contributed by atoms with Crippen LogP contribution in [0.15, 0.2) is 69.9 Å². The van der Waals surface area contributed by atoms with Crippen molar-refractivity contribution in [3.63, 3.8) is 0 Å². The number of halogens is 2. The summed E-state index contributed by atoms with van der Waals surface area (Å²) in [6, 6.07) is 16.0. The Bertz CT molecular complexity index is 1350. The lowest BCUT2D eigenvalue weighted by atomic mass is 10.2. The Morgan fingerprint density at radius 1 is 0.935 bits per heavy atom. The minimum Gasteiger partial charge on any atom is -0.455 e. The Hall–Kier alpha value is -3.59. The summed E-state index contributed by atoms with van der Waals surface area (Å²) in [4.78, 5) is 24.9. The molecule has 0 bridgehead atoms. The first-order valence-electron chi connectivity index (χ1n) is 9.29. The molecule has 0 unspecified atom stereocenters. The van der Waals surface area contributed by atoms with Crippen molar-refractivity contribution in [2.45, 2.75) is 0 Å². The van der Waals surface area contributed by atoms with Gasteiger partial charge in [0.2, 0.25) is 0 Å². The number of amides is 2. The number of fused-ring (bicyclic) bond motifs is 1. The third-order valence-corrected chi connectivity index (χ3v) is 5.27. The van der Waals surface area contributed by atoms with E-state index in [1.54, 1.807) is 44.4 Å². The molecule has 1 heterocycles. The minimum atomic E-state index is -0.653. The number of hydrogen-bond donors (Lipinski definition) is 2. The molecule has 3 aromatic carbocycles. The van der Waals surface area contributed by atoms with Crippen molar-refractivity contribution in [3.8, 4) is 11.5 Å². The second-order valence-electron chi connectivity index (χ2n) is 6.86. The van der Waals surface area contributed by atoms with Crippen LogP contribution < -0.4 is 21.1 Å². The summed E-state index contributed by atoms with van der Waals surface area (Å²) in [7, 11) is 3.30. The van der Waals surface area contributed by atoms with Gasteiger partial charge in [-0.1, -0.05) is 34.1 Å². The first-order chi connectivity index (χ1) is 14.8. The van der Waals surface area contributed by atoms with E-state index >= 15 is 0 Å². The molecule has 0 radical (unpaired) electrons. The predicted molar refractivity (Wildman–Crippen MR) is 121 cm³/mol. The van der Waals surface area contributed by atoms with Crippen LogP contribution in [0.25, 0.3) is 11.0 Å². The lowest BCUT2D eigenvalue weighted by Crippen LogP contribution is -2.20. The van der Waals surface area contributed by atoms with E-state index in [0.717, 1.165) is 0 Å². The number of nitrogens with one attached hydrogen (secondary N) is 2. The van der Waals surface area contributed by atoms with Gasteiger partial charge in [-0.15, -0.1) is 0 Å². The average Bonchev–Trinajstić information content (AvgIpc) is 2.95. The number of hydrogen-bond acceptors (Lipinski definition) is 3. The number of benzene rings is 3. The molecule has 0 atom stereocenters. The number of anilines is 2. The molecule has 31 heavy (non-hydrogen) atoms. The van der Waals surface area contributed by atoms with Crippen molar-refractivity contribution in [3.05, 3.63) is 81.4 Å². The van der Waals surface area contributed by atoms with Crippen LogP contribution in [0.2, 0.25) is 0 Å². The van der Waals surface area contributed by atoms with Crippen molar-refractivity contribution in [1.82, 2.24) is 9.13 Å². The number of urea groups is 1. The first-order valence-corrected chi connectivity index (χ1v) is 10.1. The Labute approximate surface area is 185 Å². The highest BCUT2D eigenvalue weighted by Crippen LogP contribution is 2.33. The molecule has 0 aliphatic heterocycles. The van der Waals surface area contributed by atoms with Gasteiger partial charge in [0.15, 0.2) is 5.75 Å². The number of rotatable bonds is 4. The molecule has 0 aliphatic rings. The van der Waals surface area contributed by atoms with E-state index in [9.17, 15) is 14.0 Å². The van der Waals surface area contributed by atoms with Gasteiger partial charge in [0.1, 0.15) is 11.6 Å². The van der Waals surface area contributed by atoms with E-state index in [2.05, 4.69) is 26.6 Å². The van der Waals surface area contributed by atoms with E-state index < -0.39 is 11.8 Å². The first kappa shape index (κ1) is 20.7. The van der Waals surface area contributed by atoms with Gasteiger partial charge in [-0.25, -0.2) is 14.0 Å². The van der Waals surface area contributed by atoms with E-state index in [0.29, 0.717) is 32.7 Å². The van der Waals surface area contributed by atoms with Gasteiger partial charge in [-0.2, -0.15) is 0 Å². The van der Waals surface area contributed by atoms with Crippen LogP contribution in [-0.2, 0) is 14.1 Å². The molecule has 1 aromatic heterocycles. The van der Waals surface area contributed by atoms with Crippen LogP contribution in [0.3, 0.4) is 0 Å². The summed E-state index contributed by atoms with van der Waals surface area (Å²) in [6.45, 7) is 0. The van der Waals surface area contributed by atoms with Gasteiger partial charge in [0.25, 0.3) is 0 Å². The normalized spacial score (nSPS) is 10.8. The Morgan fingerprint density at radius 3 is 2.26 bits per heavy atom. The zero-order valence-corrected chi connectivity index (χ0v) is 18.2. The van der Waals surface area contributed by atoms with Gasteiger partial charge in [0.05, 0.1) is 22.4 Å². The second-order valence-corrected chi connectivity index (χ2v) is 7.77. The molecule has 2 amide bonds. The van der Waals surface area contributed by atoms with E-state index in [4.69, 9.17) is 4.74 Å². The maximum atomic E-state index is 14.1. The third kappa shape index (κ3) is 4.17. The monoisotopic (exact) mass is 484 g/mol. The number of aryl methyl sites for hydroxylation is 2. The molecule has 9 heteroatoms. The van der Waals surface area contributed by atoms with Crippen molar-refractivity contribution in [2.75, 3.05) is 10.6 Å². The molecule has 0 spiro atoms. The zero-order valence-electron chi connectivity index (χ0n) is 16.6. The van der Waals surface area contributed by atoms with E-state index in [1.165, 1.54) is 21.3 Å². The average molecular weight is 485 g/mol. The summed E-state index contributed by atoms with van der Waals surface area (Å²) in [5.74, 6) is 0.322. The Morgan fingerprint density at radius 2 is 1.58 bits per heavy atom. The lowest BCUT2D eigenvalue weighted by Gasteiger charge is -2.14. The third-order valence-electron chi connectivity index (χ3n) is 4.77. The van der Waals surface area contributed by atoms with Gasteiger partial charge in [-0.3, -0.25) is 9.13 Å². The molecule has 4 aromatic rings. The van der Waals surface area contributed by atoms with Crippen molar-refractivity contribution in [2.24, 2.45) is 14.1 Å². The minimum absolute atomic E-state index is 0.0272. The standard InChI is InChI=1S/C22H18BrFN4O3/c1-27-18-11-17(26-21(29)25-16-9-8-13(23)10-15(16)24)20(12-19(18)28(2)22(27)30)31-14-6-4-3-5-7-14/h3-12H,1-2H3,(H2,25,26,29). The molecule has 0 aliphatic carbocycles. The molecule has 0 saturated carbocycles. The summed E-state index contributed by atoms with van der Waals surface area (Å²) in [5.41, 5.74) is 1.40. The summed E-state index contributed by atoms with van der Waals surface area (Å²) >= 11 is 3.18. The van der Waals surface area contributed by atoms with Crippen LogP contribution in [0.4, 0.5) is 20.6 Å². The predicted octanol–water partition coefficient (Wildman–Crippen LogP) is 5.21. The SMILES string of the molecule is Cn1c(=O)n(C)c2cc(Oc3ccccc3)c(NC(=O)Nc3ccc(Br)cc3F)cc21. The molecule has 0 fully saturated rings. The number of ether oxygens (including phenoxy) is 1. The summed E-state index contributed by atoms with van der Waals surface area (Å²) in [6.07, 6.45) is 0. The fourth-order valence-electron chi connectivity index (χ4n) is 3.19. The number of imidazole rings is 1. The van der Waals surface area contributed by atoms with Gasteiger partial charge >= 0.3 is 11.7 Å². The van der Waals surface area contributed by atoms with Crippen LogP contribution in [0.5, 0.6) is 11.5 Å². The van der Waals surface area contributed by atoms with Crippen LogP contribution >= 0.6 is 15.9 Å². The van der Waals surface area contributed by atoms with Crippen molar-refractivity contribution >= 4 is 44.4 Å². The number of carbonyl (C=O) groups excluding carboxylic acids is 1. The summed E-state index contributed by atoms with van der Waals surface area (Å²) in [5, 5.41) is 5.17. The van der Waals surface area contributed by atoms with Crippen LogP contribution in [-0.4, -0.2) is 15.2 Å². The van der Waals surface area contributed by atoms with Crippen LogP contribution in [0, 0.1) is 5.82 Å². The highest BCUT2D eigenvalue weighted by Gasteiger charge is 2.17. The second kappa shape index (κ2) is 8.27. The Balaban J connectivity index is 1.72. The quantitative estimate of drug-likeness (QED) is 0.417. The molecular weight excluding hydrogens is 467 g/mol.